The van der Waals surface area contributed by atoms with E-state index in [9.17, 15) is 14.4 Å². The molecule has 0 saturated carbocycles. The van der Waals surface area contributed by atoms with Gasteiger partial charge in [0.1, 0.15) is 6.54 Å². The lowest BCUT2D eigenvalue weighted by Gasteiger charge is -2.34. The fraction of sp³-hybridized carbons (Fsp3) is 0.727. The Bertz CT molecular complexity index is 347. The summed E-state index contributed by atoms with van der Waals surface area (Å²) in [6, 6.07) is -0.323. The minimum absolute atomic E-state index is 0.0100. The number of amides is 3. The number of morpholine rings is 1. The molecule has 1 heterocycles. The highest BCUT2D eigenvalue weighted by Gasteiger charge is 2.25. The Morgan fingerprint density at radius 2 is 2.05 bits per heavy atom. The number of nitrogens with one attached hydrogen (secondary N) is 2. The Kier molecular flexibility index (Phi) is 6.07. The van der Waals surface area contributed by atoms with Crippen molar-refractivity contribution in [2.24, 2.45) is 0 Å². The van der Waals surface area contributed by atoms with Crippen LogP contribution in [0.5, 0.6) is 0 Å². The van der Waals surface area contributed by atoms with Crippen LogP contribution in [-0.4, -0.2) is 66.8 Å². The number of carbonyl (C=O) groups excluding carboxylic acids is 2. The number of nitrogens with zero attached hydrogens (tertiary/aromatic N) is 1. The number of aliphatic carboxylic acids is 1. The highest BCUT2D eigenvalue weighted by Crippen LogP contribution is 2.09. The maximum atomic E-state index is 11.9. The third-order valence-corrected chi connectivity index (χ3v) is 2.80. The monoisotopic (exact) mass is 273 g/mol. The number of carbonyl (C=O) groups is 3. The van der Waals surface area contributed by atoms with Crippen molar-refractivity contribution in [2.75, 3.05) is 32.8 Å². The maximum Gasteiger partial charge on any atom is 0.322 e. The number of urea groups is 1. The normalized spacial score (nSPS) is 18.8. The van der Waals surface area contributed by atoms with Gasteiger partial charge in [-0.3, -0.25) is 9.59 Å². The first-order valence-corrected chi connectivity index (χ1v) is 6.15. The third kappa shape index (κ3) is 5.12. The second-order valence-corrected chi connectivity index (χ2v) is 4.16. The molecular weight excluding hydrogens is 254 g/mol. The fourth-order valence-corrected chi connectivity index (χ4v) is 1.75. The molecule has 1 unspecified atom stereocenters. The molecule has 0 spiro atoms. The van der Waals surface area contributed by atoms with Crippen LogP contribution in [0.4, 0.5) is 4.79 Å². The quantitative estimate of drug-likeness (QED) is 0.596. The first-order valence-electron chi connectivity index (χ1n) is 6.15. The summed E-state index contributed by atoms with van der Waals surface area (Å²) in [6.45, 7) is 2.73. The largest absolute Gasteiger partial charge is 0.480 e. The zero-order valence-corrected chi connectivity index (χ0v) is 10.8. The molecule has 0 aromatic rings. The van der Waals surface area contributed by atoms with Crippen LogP contribution in [0.25, 0.3) is 0 Å². The van der Waals surface area contributed by atoms with E-state index in [0.29, 0.717) is 19.8 Å². The molecule has 3 amide bonds. The van der Waals surface area contributed by atoms with Gasteiger partial charge in [-0.05, 0) is 6.42 Å². The van der Waals surface area contributed by atoms with Crippen molar-refractivity contribution < 1.29 is 24.2 Å². The summed E-state index contributed by atoms with van der Waals surface area (Å²) < 4.78 is 5.28. The Balaban J connectivity index is 2.33. The zero-order valence-electron chi connectivity index (χ0n) is 10.8. The highest BCUT2D eigenvalue weighted by molar-refractivity contribution is 5.86. The molecule has 1 atom stereocenters. The average molecular weight is 273 g/mol. The molecule has 0 aromatic carbocycles. The molecule has 8 heteroatoms. The molecule has 1 rings (SSSR count). The van der Waals surface area contributed by atoms with Crippen molar-refractivity contribution in [3.05, 3.63) is 0 Å². The van der Waals surface area contributed by atoms with Crippen molar-refractivity contribution in [3.8, 4) is 0 Å². The van der Waals surface area contributed by atoms with Gasteiger partial charge < -0.3 is 25.4 Å². The van der Waals surface area contributed by atoms with Gasteiger partial charge in [-0.25, -0.2) is 4.79 Å². The summed E-state index contributed by atoms with van der Waals surface area (Å²) >= 11 is 0. The Labute approximate surface area is 111 Å². The summed E-state index contributed by atoms with van der Waals surface area (Å²) in [5.41, 5.74) is 0. The van der Waals surface area contributed by atoms with E-state index in [1.165, 1.54) is 0 Å². The van der Waals surface area contributed by atoms with Crippen molar-refractivity contribution in [3.63, 3.8) is 0 Å². The van der Waals surface area contributed by atoms with Crippen LogP contribution < -0.4 is 10.6 Å². The summed E-state index contributed by atoms with van der Waals surface area (Å²) in [7, 11) is 0. The standard InChI is InChI=1S/C11H19N3O5/c1-2-8-7-19-4-3-14(8)11(18)13-5-9(15)12-6-10(16)17/h8H,2-7H2,1H3,(H,12,15)(H,13,18)(H,16,17). The molecule has 108 valence electrons. The zero-order chi connectivity index (χ0) is 14.3. The number of hydrogen-bond acceptors (Lipinski definition) is 4. The predicted octanol–water partition coefficient (Wildman–Crippen LogP) is -0.992. The number of rotatable bonds is 5. The van der Waals surface area contributed by atoms with Gasteiger partial charge >= 0.3 is 12.0 Å². The molecule has 0 aromatic heterocycles. The van der Waals surface area contributed by atoms with Crippen LogP contribution in [0.15, 0.2) is 0 Å². The van der Waals surface area contributed by atoms with Gasteiger partial charge in [0.25, 0.3) is 0 Å². The molecule has 1 saturated heterocycles. The highest BCUT2D eigenvalue weighted by atomic mass is 16.5. The van der Waals surface area contributed by atoms with Crippen LogP contribution in [-0.2, 0) is 14.3 Å². The van der Waals surface area contributed by atoms with Crippen LogP contribution >= 0.6 is 0 Å². The molecule has 1 aliphatic heterocycles. The molecule has 8 nitrogen and oxygen atoms in total. The number of ether oxygens (including phenoxy) is 1. The molecule has 1 aliphatic rings. The Hall–Kier alpha value is -1.83. The average Bonchev–Trinajstić information content (AvgIpc) is 2.42. The van der Waals surface area contributed by atoms with Crippen molar-refractivity contribution >= 4 is 17.9 Å². The van der Waals surface area contributed by atoms with E-state index in [-0.39, 0.29) is 18.6 Å². The van der Waals surface area contributed by atoms with Gasteiger partial charge in [0.2, 0.25) is 5.91 Å². The first kappa shape index (κ1) is 15.2. The van der Waals surface area contributed by atoms with Crippen LogP contribution in [0, 0.1) is 0 Å². The smallest absolute Gasteiger partial charge is 0.322 e. The van der Waals surface area contributed by atoms with E-state index in [4.69, 9.17) is 9.84 Å². The lowest BCUT2D eigenvalue weighted by atomic mass is 10.2. The van der Waals surface area contributed by atoms with Gasteiger partial charge in [-0.1, -0.05) is 6.92 Å². The molecule has 1 fully saturated rings. The van der Waals surface area contributed by atoms with Gasteiger partial charge in [0, 0.05) is 6.54 Å². The molecule has 0 bridgehead atoms. The second kappa shape index (κ2) is 7.57. The molecular formula is C11H19N3O5. The minimum Gasteiger partial charge on any atom is -0.480 e. The van der Waals surface area contributed by atoms with E-state index in [0.717, 1.165) is 6.42 Å². The van der Waals surface area contributed by atoms with Crippen LogP contribution in [0.3, 0.4) is 0 Å². The Morgan fingerprint density at radius 3 is 2.68 bits per heavy atom. The molecule has 19 heavy (non-hydrogen) atoms. The number of carboxylic acids is 1. The van der Waals surface area contributed by atoms with Crippen molar-refractivity contribution in [1.82, 2.24) is 15.5 Å². The van der Waals surface area contributed by atoms with E-state index >= 15 is 0 Å². The maximum absolute atomic E-state index is 11.9. The van der Waals surface area contributed by atoms with E-state index < -0.39 is 18.4 Å². The summed E-state index contributed by atoms with van der Waals surface area (Å²) in [4.78, 5) is 35.0. The summed E-state index contributed by atoms with van der Waals surface area (Å²) in [6.07, 6.45) is 0.776. The fourth-order valence-electron chi connectivity index (χ4n) is 1.75. The SMILES string of the molecule is CCC1COCCN1C(=O)NCC(=O)NCC(=O)O. The first-order chi connectivity index (χ1) is 9.04. The Morgan fingerprint density at radius 1 is 1.32 bits per heavy atom. The van der Waals surface area contributed by atoms with Crippen LogP contribution in [0.1, 0.15) is 13.3 Å². The van der Waals surface area contributed by atoms with Crippen molar-refractivity contribution in [2.45, 2.75) is 19.4 Å². The molecule has 3 N–H and O–H groups in total. The predicted molar refractivity (Wildman–Crippen MR) is 65.6 cm³/mol. The lowest BCUT2D eigenvalue weighted by molar-refractivity contribution is -0.137. The van der Waals surface area contributed by atoms with Crippen molar-refractivity contribution in [1.29, 1.82) is 0 Å². The van der Waals surface area contributed by atoms with Gasteiger partial charge in [0.05, 0.1) is 25.8 Å². The number of hydrogen-bond donors (Lipinski definition) is 3. The van der Waals surface area contributed by atoms with E-state index in [2.05, 4.69) is 10.6 Å². The van der Waals surface area contributed by atoms with Crippen LogP contribution in [0.2, 0.25) is 0 Å². The summed E-state index contributed by atoms with van der Waals surface area (Å²) in [5, 5.41) is 13.0. The molecule has 0 radical (unpaired) electrons. The second-order valence-electron chi connectivity index (χ2n) is 4.16. The molecule has 0 aliphatic carbocycles. The van der Waals surface area contributed by atoms with E-state index in [1.807, 2.05) is 6.92 Å². The topological polar surface area (TPSA) is 108 Å². The van der Waals surface area contributed by atoms with Gasteiger partial charge in [0.15, 0.2) is 0 Å². The third-order valence-electron chi connectivity index (χ3n) is 2.80. The van der Waals surface area contributed by atoms with Gasteiger partial charge in [-0.2, -0.15) is 0 Å². The minimum atomic E-state index is -1.13. The number of carboxylic acid groups (broad SMARTS) is 1. The van der Waals surface area contributed by atoms with Gasteiger partial charge in [-0.15, -0.1) is 0 Å². The lowest BCUT2D eigenvalue weighted by Crippen LogP contribution is -2.53. The van der Waals surface area contributed by atoms with E-state index in [1.54, 1.807) is 4.90 Å². The summed E-state index contributed by atoms with van der Waals surface area (Å²) in [5.74, 6) is -1.66.